The Hall–Kier alpha value is -1.10. The van der Waals surface area contributed by atoms with Crippen LogP contribution in [0.25, 0.3) is 0 Å². The molecule has 5 heteroatoms. The summed E-state index contributed by atoms with van der Waals surface area (Å²) in [5.41, 5.74) is 8.01. The van der Waals surface area contributed by atoms with Gasteiger partial charge in [0.05, 0.1) is 18.8 Å². The SMILES string of the molecule is CCCOc1cncc(C(N)c2cc(Br)ccc2Cl)c1. The van der Waals surface area contributed by atoms with Gasteiger partial charge >= 0.3 is 0 Å². The molecule has 1 heterocycles. The monoisotopic (exact) mass is 354 g/mol. The normalized spacial score (nSPS) is 12.2. The van der Waals surface area contributed by atoms with E-state index in [1.807, 2.05) is 24.3 Å². The predicted molar refractivity (Wildman–Crippen MR) is 85.2 cm³/mol. The van der Waals surface area contributed by atoms with Crippen LogP contribution in [-0.2, 0) is 0 Å². The van der Waals surface area contributed by atoms with Crippen molar-refractivity contribution in [2.24, 2.45) is 5.73 Å². The van der Waals surface area contributed by atoms with E-state index in [1.54, 1.807) is 12.4 Å². The predicted octanol–water partition coefficient (Wildman–Crippen LogP) is 4.33. The smallest absolute Gasteiger partial charge is 0.137 e. The lowest BCUT2D eigenvalue weighted by molar-refractivity contribution is 0.315. The zero-order valence-corrected chi connectivity index (χ0v) is 13.5. The Bertz CT molecular complexity index is 592. The van der Waals surface area contributed by atoms with Crippen LogP contribution in [0.15, 0.2) is 41.1 Å². The van der Waals surface area contributed by atoms with Crippen molar-refractivity contribution in [3.8, 4) is 5.75 Å². The second-order valence-electron chi connectivity index (χ2n) is 4.45. The number of halogens is 2. The van der Waals surface area contributed by atoms with Crippen molar-refractivity contribution in [1.82, 2.24) is 4.98 Å². The van der Waals surface area contributed by atoms with Crippen LogP contribution in [0, 0.1) is 0 Å². The van der Waals surface area contributed by atoms with Gasteiger partial charge in [0.25, 0.3) is 0 Å². The third kappa shape index (κ3) is 3.72. The molecule has 0 amide bonds. The minimum atomic E-state index is -0.335. The third-order valence-electron chi connectivity index (χ3n) is 2.86. The molecule has 20 heavy (non-hydrogen) atoms. The van der Waals surface area contributed by atoms with E-state index in [9.17, 15) is 0 Å². The summed E-state index contributed by atoms with van der Waals surface area (Å²) < 4.78 is 6.52. The first-order valence-corrected chi connectivity index (χ1v) is 7.57. The lowest BCUT2D eigenvalue weighted by Crippen LogP contribution is -2.13. The number of pyridine rings is 1. The number of ether oxygens (including phenoxy) is 1. The van der Waals surface area contributed by atoms with E-state index >= 15 is 0 Å². The molecule has 0 saturated carbocycles. The average Bonchev–Trinajstić information content (AvgIpc) is 2.47. The molecule has 0 aliphatic heterocycles. The van der Waals surface area contributed by atoms with Crippen molar-refractivity contribution in [3.05, 3.63) is 57.3 Å². The molecular formula is C15H16BrClN2O. The summed E-state index contributed by atoms with van der Waals surface area (Å²) in [4.78, 5) is 4.18. The molecule has 1 aromatic carbocycles. The second kappa shape index (κ2) is 7.07. The van der Waals surface area contributed by atoms with Crippen LogP contribution in [0.2, 0.25) is 5.02 Å². The Morgan fingerprint density at radius 2 is 2.15 bits per heavy atom. The highest BCUT2D eigenvalue weighted by Gasteiger charge is 2.14. The highest BCUT2D eigenvalue weighted by atomic mass is 79.9. The molecule has 2 N–H and O–H groups in total. The fourth-order valence-corrected chi connectivity index (χ4v) is 2.45. The van der Waals surface area contributed by atoms with Gasteiger partial charge in [-0.05, 0) is 41.8 Å². The molecule has 2 aromatic rings. The largest absolute Gasteiger partial charge is 0.492 e. The van der Waals surface area contributed by atoms with Gasteiger partial charge in [-0.2, -0.15) is 0 Å². The fourth-order valence-electron chi connectivity index (χ4n) is 1.84. The molecule has 0 aliphatic carbocycles. The van der Waals surface area contributed by atoms with Gasteiger partial charge in [0.2, 0.25) is 0 Å². The highest BCUT2D eigenvalue weighted by Crippen LogP contribution is 2.30. The van der Waals surface area contributed by atoms with E-state index in [4.69, 9.17) is 22.1 Å². The fraction of sp³-hybridized carbons (Fsp3) is 0.267. The van der Waals surface area contributed by atoms with E-state index in [2.05, 4.69) is 27.8 Å². The quantitative estimate of drug-likeness (QED) is 0.868. The number of benzene rings is 1. The minimum absolute atomic E-state index is 0.335. The molecule has 0 fully saturated rings. The van der Waals surface area contributed by atoms with Crippen LogP contribution in [0.1, 0.15) is 30.5 Å². The molecule has 1 aromatic heterocycles. The molecule has 106 valence electrons. The van der Waals surface area contributed by atoms with Crippen LogP contribution < -0.4 is 10.5 Å². The van der Waals surface area contributed by atoms with Crippen LogP contribution in [-0.4, -0.2) is 11.6 Å². The van der Waals surface area contributed by atoms with Crippen LogP contribution in [0.4, 0.5) is 0 Å². The average molecular weight is 356 g/mol. The van der Waals surface area contributed by atoms with Gasteiger partial charge in [-0.1, -0.05) is 34.5 Å². The number of hydrogen-bond donors (Lipinski definition) is 1. The maximum atomic E-state index is 6.28. The second-order valence-corrected chi connectivity index (χ2v) is 5.77. The first kappa shape index (κ1) is 15.3. The van der Waals surface area contributed by atoms with Gasteiger partial charge in [0, 0.05) is 15.7 Å². The van der Waals surface area contributed by atoms with Crippen molar-refractivity contribution >= 4 is 27.5 Å². The Morgan fingerprint density at radius 1 is 1.35 bits per heavy atom. The molecule has 0 aliphatic rings. The van der Waals surface area contributed by atoms with Crippen molar-refractivity contribution in [2.45, 2.75) is 19.4 Å². The topological polar surface area (TPSA) is 48.1 Å². The minimum Gasteiger partial charge on any atom is -0.492 e. The van der Waals surface area contributed by atoms with Gasteiger partial charge in [-0.15, -0.1) is 0 Å². The standard InChI is InChI=1S/C15H16BrClN2O/c1-2-5-20-12-6-10(8-19-9-12)15(18)13-7-11(16)3-4-14(13)17/h3-4,6-9,15H,2,5,18H2,1H3. The van der Waals surface area contributed by atoms with Crippen molar-refractivity contribution in [2.75, 3.05) is 6.61 Å². The lowest BCUT2D eigenvalue weighted by atomic mass is 10.0. The summed E-state index contributed by atoms with van der Waals surface area (Å²) in [6.07, 6.45) is 4.38. The summed E-state index contributed by atoms with van der Waals surface area (Å²) in [5.74, 6) is 0.728. The first-order valence-electron chi connectivity index (χ1n) is 6.40. The highest BCUT2D eigenvalue weighted by molar-refractivity contribution is 9.10. The van der Waals surface area contributed by atoms with E-state index in [-0.39, 0.29) is 6.04 Å². The Labute approximate surface area is 132 Å². The zero-order valence-electron chi connectivity index (χ0n) is 11.1. The Kier molecular flexibility index (Phi) is 5.40. The molecule has 3 nitrogen and oxygen atoms in total. The van der Waals surface area contributed by atoms with Gasteiger partial charge in [-0.25, -0.2) is 0 Å². The third-order valence-corrected chi connectivity index (χ3v) is 3.70. The Morgan fingerprint density at radius 3 is 2.90 bits per heavy atom. The summed E-state index contributed by atoms with van der Waals surface area (Å²) in [6.45, 7) is 2.72. The summed E-state index contributed by atoms with van der Waals surface area (Å²) in [7, 11) is 0. The van der Waals surface area contributed by atoms with Crippen molar-refractivity contribution < 1.29 is 4.74 Å². The molecule has 1 atom stereocenters. The number of nitrogens with two attached hydrogens (primary N) is 1. The Balaban J connectivity index is 2.28. The molecular weight excluding hydrogens is 340 g/mol. The first-order chi connectivity index (χ1) is 9.61. The van der Waals surface area contributed by atoms with E-state index < -0.39 is 0 Å². The van der Waals surface area contributed by atoms with Crippen LogP contribution in [0.3, 0.4) is 0 Å². The van der Waals surface area contributed by atoms with Crippen molar-refractivity contribution in [1.29, 1.82) is 0 Å². The molecule has 0 bridgehead atoms. The molecule has 0 radical (unpaired) electrons. The molecule has 1 unspecified atom stereocenters. The van der Waals surface area contributed by atoms with Crippen LogP contribution in [0.5, 0.6) is 5.75 Å². The van der Waals surface area contributed by atoms with E-state index in [0.29, 0.717) is 11.6 Å². The van der Waals surface area contributed by atoms with E-state index in [1.165, 1.54) is 0 Å². The number of aromatic nitrogens is 1. The molecule has 0 saturated heterocycles. The van der Waals surface area contributed by atoms with Crippen molar-refractivity contribution in [3.63, 3.8) is 0 Å². The summed E-state index contributed by atoms with van der Waals surface area (Å²) in [5, 5.41) is 0.639. The summed E-state index contributed by atoms with van der Waals surface area (Å²) in [6, 6.07) is 7.21. The van der Waals surface area contributed by atoms with Gasteiger partial charge in [0.1, 0.15) is 5.75 Å². The van der Waals surface area contributed by atoms with E-state index in [0.717, 1.165) is 27.8 Å². The zero-order chi connectivity index (χ0) is 14.5. The van der Waals surface area contributed by atoms with Gasteiger partial charge in [0.15, 0.2) is 0 Å². The maximum absolute atomic E-state index is 6.28. The molecule has 2 rings (SSSR count). The molecule has 0 spiro atoms. The van der Waals surface area contributed by atoms with Gasteiger partial charge in [-0.3, -0.25) is 4.98 Å². The summed E-state index contributed by atoms with van der Waals surface area (Å²) >= 11 is 9.64. The van der Waals surface area contributed by atoms with Crippen LogP contribution >= 0.6 is 27.5 Å². The number of nitrogens with zero attached hydrogens (tertiary/aromatic N) is 1. The number of rotatable bonds is 5. The van der Waals surface area contributed by atoms with Gasteiger partial charge < -0.3 is 10.5 Å². The maximum Gasteiger partial charge on any atom is 0.137 e. The lowest BCUT2D eigenvalue weighted by Gasteiger charge is -2.15. The number of hydrogen-bond acceptors (Lipinski definition) is 3.